The van der Waals surface area contributed by atoms with Crippen molar-refractivity contribution >= 4 is 34.5 Å². The molecule has 0 saturated heterocycles. The van der Waals surface area contributed by atoms with Gasteiger partial charge in [0.15, 0.2) is 0 Å². The Morgan fingerprint density at radius 3 is 2.53 bits per heavy atom. The molecule has 0 aromatic heterocycles. The van der Waals surface area contributed by atoms with E-state index in [1.54, 1.807) is 19.1 Å². The number of carbonyl (C=O) groups is 2. The molecule has 0 saturated carbocycles. The lowest BCUT2D eigenvalue weighted by atomic mass is 10.1. The molecule has 0 aliphatic rings. The van der Waals surface area contributed by atoms with E-state index in [1.807, 2.05) is 29.5 Å². The third kappa shape index (κ3) is 4.09. The van der Waals surface area contributed by atoms with Crippen molar-refractivity contribution in [2.24, 2.45) is 0 Å². The zero-order valence-corrected chi connectivity index (χ0v) is 12.9. The summed E-state index contributed by atoms with van der Waals surface area (Å²) in [5.41, 5.74) is 0.291. The number of hydrogen-bond donors (Lipinski definition) is 2. The Morgan fingerprint density at radius 2 is 2.05 bits per heavy atom. The van der Waals surface area contributed by atoms with Gasteiger partial charge in [0, 0.05) is 11.6 Å². The van der Waals surface area contributed by atoms with Crippen LogP contribution in [0.2, 0.25) is 0 Å². The van der Waals surface area contributed by atoms with Crippen LogP contribution in [-0.2, 0) is 4.79 Å². The maximum absolute atomic E-state index is 12.3. The molecule has 1 amide bonds. The standard InChI is InChI=1S/C13H16INO4/c1-3-8(2)15(7-12(17)18)13(19)9-4-5-10(14)11(16)6-9/h4-6,8,16H,3,7H2,1-2H3,(H,17,18). The third-order valence-electron chi connectivity index (χ3n) is 2.88. The fourth-order valence-electron chi connectivity index (χ4n) is 1.61. The Labute approximate surface area is 125 Å². The molecule has 1 aromatic carbocycles. The number of carboxylic acid groups (broad SMARTS) is 1. The minimum Gasteiger partial charge on any atom is -0.507 e. The molecule has 19 heavy (non-hydrogen) atoms. The average Bonchev–Trinajstić information content (AvgIpc) is 2.37. The Kier molecular flexibility index (Phi) is 5.59. The number of carboxylic acids is 1. The normalized spacial score (nSPS) is 11.9. The van der Waals surface area contributed by atoms with Crippen LogP contribution in [0.5, 0.6) is 5.75 Å². The molecule has 0 aliphatic heterocycles. The van der Waals surface area contributed by atoms with Crippen molar-refractivity contribution < 1.29 is 19.8 Å². The Bertz CT molecular complexity index is 490. The molecule has 0 fully saturated rings. The van der Waals surface area contributed by atoms with Gasteiger partial charge in [-0.25, -0.2) is 0 Å². The molecule has 0 heterocycles. The molecule has 6 heteroatoms. The van der Waals surface area contributed by atoms with Gasteiger partial charge in [0.1, 0.15) is 12.3 Å². The van der Waals surface area contributed by atoms with E-state index in [1.165, 1.54) is 11.0 Å². The highest BCUT2D eigenvalue weighted by atomic mass is 127. The summed E-state index contributed by atoms with van der Waals surface area (Å²) in [6.45, 7) is 3.34. The highest BCUT2D eigenvalue weighted by Crippen LogP contribution is 2.22. The molecule has 1 rings (SSSR count). The van der Waals surface area contributed by atoms with E-state index < -0.39 is 5.97 Å². The molecule has 0 spiro atoms. The first kappa shape index (κ1) is 15.7. The second-order valence-electron chi connectivity index (χ2n) is 4.25. The summed E-state index contributed by atoms with van der Waals surface area (Å²) in [7, 11) is 0. The van der Waals surface area contributed by atoms with Gasteiger partial charge in [-0.15, -0.1) is 0 Å². The topological polar surface area (TPSA) is 77.8 Å². The summed E-state index contributed by atoms with van der Waals surface area (Å²) < 4.78 is 0.641. The number of benzene rings is 1. The summed E-state index contributed by atoms with van der Waals surface area (Å²) in [6.07, 6.45) is 0.662. The van der Waals surface area contributed by atoms with Gasteiger partial charge in [0.25, 0.3) is 5.91 Å². The third-order valence-corrected chi connectivity index (χ3v) is 3.79. The van der Waals surface area contributed by atoms with E-state index in [9.17, 15) is 14.7 Å². The fraction of sp³-hybridized carbons (Fsp3) is 0.385. The van der Waals surface area contributed by atoms with Crippen molar-refractivity contribution in [3.63, 3.8) is 0 Å². The molecule has 0 radical (unpaired) electrons. The number of carbonyl (C=O) groups excluding carboxylic acids is 1. The van der Waals surface area contributed by atoms with Crippen LogP contribution in [-0.4, -0.2) is 39.6 Å². The zero-order valence-electron chi connectivity index (χ0n) is 10.8. The lowest BCUT2D eigenvalue weighted by molar-refractivity contribution is -0.138. The molecule has 1 atom stereocenters. The SMILES string of the molecule is CCC(C)N(CC(=O)O)C(=O)c1ccc(I)c(O)c1. The monoisotopic (exact) mass is 377 g/mol. The second kappa shape index (κ2) is 6.74. The van der Waals surface area contributed by atoms with Crippen LogP contribution in [0.1, 0.15) is 30.6 Å². The van der Waals surface area contributed by atoms with Crippen molar-refractivity contribution in [2.75, 3.05) is 6.54 Å². The van der Waals surface area contributed by atoms with E-state index in [4.69, 9.17) is 5.11 Å². The molecule has 0 aliphatic carbocycles. The van der Waals surface area contributed by atoms with Gasteiger partial charge in [0.2, 0.25) is 0 Å². The molecule has 2 N–H and O–H groups in total. The van der Waals surface area contributed by atoms with Crippen LogP contribution in [0.25, 0.3) is 0 Å². The predicted molar refractivity (Wildman–Crippen MR) is 79.2 cm³/mol. The van der Waals surface area contributed by atoms with Gasteiger partial charge < -0.3 is 15.1 Å². The lowest BCUT2D eigenvalue weighted by Gasteiger charge is -2.27. The first-order chi connectivity index (χ1) is 8.86. The van der Waals surface area contributed by atoms with E-state index in [0.717, 1.165) is 0 Å². The summed E-state index contributed by atoms with van der Waals surface area (Å²) >= 11 is 1.95. The molecule has 0 bridgehead atoms. The average molecular weight is 377 g/mol. The summed E-state index contributed by atoms with van der Waals surface area (Å²) in [6, 6.07) is 4.39. The van der Waals surface area contributed by atoms with Gasteiger partial charge in [0.05, 0.1) is 3.57 Å². The maximum Gasteiger partial charge on any atom is 0.323 e. The highest BCUT2D eigenvalue weighted by Gasteiger charge is 2.23. The smallest absolute Gasteiger partial charge is 0.323 e. The minimum absolute atomic E-state index is 0.0193. The molecular weight excluding hydrogens is 361 g/mol. The van der Waals surface area contributed by atoms with Crippen molar-refractivity contribution in [1.82, 2.24) is 4.90 Å². The lowest BCUT2D eigenvalue weighted by Crippen LogP contribution is -2.41. The number of halogens is 1. The molecule has 104 valence electrons. The predicted octanol–water partition coefficient (Wildman–Crippen LogP) is 2.32. The van der Waals surface area contributed by atoms with E-state index in [-0.39, 0.29) is 24.2 Å². The summed E-state index contributed by atoms with van der Waals surface area (Å²) in [5.74, 6) is -1.42. The van der Waals surface area contributed by atoms with Crippen LogP contribution in [0.4, 0.5) is 0 Å². The van der Waals surface area contributed by atoms with Crippen LogP contribution in [0.15, 0.2) is 18.2 Å². The first-order valence-electron chi connectivity index (χ1n) is 5.88. The largest absolute Gasteiger partial charge is 0.507 e. The van der Waals surface area contributed by atoms with E-state index in [0.29, 0.717) is 15.6 Å². The fourth-order valence-corrected chi connectivity index (χ4v) is 1.94. The van der Waals surface area contributed by atoms with Crippen molar-refractivity contribution in [1.29, 1.82) is 0 Å². The highest BCUT2D eigenvalue weighted by molar-refractivity contribution is 14.1. The number of amides is 1. The van der Waals surface area contributed by atoms with E-state index >= 15 is 0 Å². The number of rotatable bonds is 5. The number of nitrogens with zero attached hydrogens (tertiary/aromatic N) is 1. The van der Waals surface area contributed by atoms with Crippen molar-refractivity contribution in [3.05, 3.63) is 27.3 Å². The number of hydrogen-bond acceptors (Lipinski definition) is 3. The van der Waals surface area contributed by atoms with Crippen molar-refractivity contribution in [3.8, 4) is 5.75 Å². The number of aromatic hydroxyl groups is 1. The first-order valence-corrected chi connectivity index (χ1v) is 6.96. The quantitative estimate of drug-likeness (QED) is 0.773. The van der Waals surface area contributed by atoms with Crippen LogP contribution in [0, 0.1) is 3.57 Å². The zero-order chi connectivity index (χ0) is 14.6. The van der Waals surface area contributed by atoms with Gasteiger partial charge >= 0.3 is 5.97 Å². The molecule has 5 nitrogen and oxygen atoms in total. The van der Waals surface area contributed by atoms with Gasteiger partial charge in [-0.1, -0.05) is 6.92 Å². The Morgan fingerprint density at radius 1 is 1.42 bits per heavy atom. The van der Waals surface area contributed by atoms with Crippen LogP contribution >= 0.6 is 22.6 Å². The van der Waals surface area contributed by atoms with Gasteiger partial charge in [-0.05, 0) is 54.1 Å². The van der Waals surface area contributed by atoms with Crippen LogP contribution in [0.3, 0.4) is 0 Å². The second-order valence-corrected chi connectivity index (χ2v) is 5.41. The molecular formula is C13H16INO4. The van der Waals surface area contributed by atoms with Gasteiger partial charge in [-0.2, -0.15) is 0 Å². The Balaban J connectivity index is 3.04. The minimum atomic E-state index is -1.05. The molecule has 1 aromatic rings. The number of phenols is 1. The molecule has 1 unspecified atom stereocenters. The summed E-state index contributed by atoms with van der Waals surface area (Å²) in [4.78, 5) is 24.4. The summed E-state index contributed by atoms with van der Waals surface area (Å²) in [5, 5.41) is 18.5. The number of phenolic OH excluding ortho intramolecular Hbond substituents is 1. The van der Waals surface area contributed by atoms with E-state index in [2.05, 4.69) is 0 Å². The van der Waals surface area contributed by atoms with Gasteiger partial charge in [-0.3, -0.25) is 9.59 Å². The maximum atomic E-state index is 12.3. The van der Waals surface area contributed by atoms with Crippen molar-refractivity contribution in [2.45, 2.75) is 26.3 Å². The Hall–Kier alpha value is -1.31. The van der Waals surface area contributed by atoms with Crippen LogP contribution < -0.4 is 0 Å². The number of aliphatic carboxylic acids is 1.